The summed E-state index contributed by atoms with van der Waals surface area (Å²) in [7, 11) is -2.52. The van der Waals surface area contributed by atoms with Crippen molar-refractivity contribution in [2.45, 2.75) is 6.04 Å². The number of carbonyl (C=O) groups excluding carboxylic acids is 1. The topological polar surface area (TPSA) is 99.7 Å². The number of ether oxygens (including phenoxy) is 1. The minimum Gasteiger partial charge on any atom is -0.489 e. The van der Waals surface area contributed by atoms with Gasteiger partial charge in [0, 0.05) is 36.7 Å². The van der Waals surface area contributed by atoms with E-state index in [-0.39, 0.29) is 11.9 Å². The summed E-state index contributed by atoms with van der Waals surface area (Å²) in [4.78, 5) is 24.7. The lowest BCUT2D eigenvalue weighted by Crippen LogP contribution is -2.58. The van der Waals surface area contributed by atoms with Crippen molar-refractivity contribution in [3.8, 4) is 18.1 Å². The number of hydrogen-bond donors (Lipinski definition) is 2. The molecule has 0 saturated carbocycles. The average molecular weight is 537 g/mol. The van der Waals surface area contributed by atoms with E-state index in [1.807, 2.05) is 42.5 Å². The van der Waals surface area contributed by atoms with Crippen molar-refractivity contribution in [2.24, 2.45) is 0 Å². The number of aromatic nitrogens is 2. The number of amides is 1. The van der Waals surface area contributed by atoms with Crippen LogP contribution in [0.5, 0.6) is 5.75 Å². The molecule has 37 heavy (non-hydrogen) atoms. The zero-order chi connectivity index (χ0) is 26.2. The first-order chi connectivity index (χ1) is 17.7. The summed E-state index contributed by atoms with van der Waals surface area (Å²) in [5, 5.41) is 7.46. The maximum absolute atomic E-state index is 12.7. The molecule has 190 valence electrons. The van der Waals surface area contributed by atoms with Crippen LogP contribution in [0, 0.1) is 12.3 Å². The summed E-state index contributed by atoms with van der Waals surface area (Å²) >= 11 is 6.37. The Morgan fingerprint density at radius 1 is 1.22 bits per heavy atom. The van der Waals surface area contributed by atoms with Crippen molar-refractivity contribution in [1.29, 1.82) is 0 Å². The first-order valence-electron chi connectivity index (χ1n) is 11.7. The number of halogens is 1. The van der Waals surface area contributed by atoms with Gasteiger partial charge in [0.25, 0.3) is 5.91 Å². The van der Waals surface area contributed by atoms with E-state index in [2.05, 4.69) is 31.4 Å². The molecular formula is C26H26ClN6O3P. The fraction of sp³-hybridized carbons (Fsp3) is 0.269. The van der Waals surface area contributed by atoms with Crippen LogP contribution in [0.1, 0.15) is 0 Å². The number of nitrogens with zero attached hydrogens (tertiary/aromatic N) is 4. The number of terminal acetylenes is 1. The number of fused-ring (bicyclic) bond motifs is 3. The summed E-state index contributed by atoms with van der Waals surface area (Å²) in [6.45, 7) is 5.68. The van der Waals surface area contributed by atoms with Crippen molar-refractivity contribution in [3.63, 3.8) is 0 Å². The molecular weight excluding hydrogens is 511 g/mol. The van der Waals surface area contributed by atoms with Gasteiger partial charge in [-0.05, 0) is 43.5 Å². The van der Waals surface area contributed by atoms with Gasteiger partial charge in [0.1, 0.15) is 24.5 Å². The molecule has 3 heterocycles. The van der Waals surface area contributed by atoms with E-state index in [1.165, 1.54) is 6.20 Å². The Kier molecular flexibility index (Phi) is 6.72. The molecule has 2 N–H and O–H groups in total. The molecule has 0 aliphatic carbocycles. The number of hydrogen-bond acceptors (Lipinski definition) is 8. The van der Waals surface area contributed by atoms with Gasteiger partial charge in [0.2, 0.25) is 5.95 Å². The predicted octanol–water partition coefficient (Wildman–Crippen LogP) is 3.91. The standard InChI is InChI=1S/C26H26ClN6O3P/c1-4-24(34)32-11-12-33-18(15-32)16-36-22-13-17(9-10-21(22)33)29-26-28-14-19(27)25(31-26)30-20-7-5-6-8-23(20)37(2,3)35/h1,5-10,13-14,18H,11-12,15-16H2,2-3H3,(H2,28,29,30,31)/t18-/m0/s1. The lowest BCUT2D eigenvalue weighted by atomic mass is 10.1. The van der Waals surface area contributed by atoms with Gasteiger partial charge in [0.15, 0.2) is 5.82 Å². The van der Waals surface area contributed by atoms with Gasteiger partial charge in [-0.25, -0.2) is 4.98 Å². The van der Waals surface area contributed by atoms with Crippen LogP contribution in [0.25, 0.3) is 0 Å². The number of nitrogens with one attached hydrogen (secondary N) is 2. The molecule has 0 bridgehead atoms. The van der Waals surface area contributed by atoms with Crippen molar-refractivity contribution >= 4 is 58.8 Å². The van der Waals surface area contributed by atoms with E-state index < -0.39 is 7.14 Å². The first kappa shape index (κ1) is 24.9. The SMILES string of the molecule is C#CC(=O)N1CCN2c3ccc(Nc4ncc(Cl)c(Nc5ccccc5P(C)(C)=O)n4)cc3OC[C@@H]2C1. The van der Waals surface area contributed by atoms with Crippen molar-refractivity contribution in [1.82, 2.24) is 14.9 Å². The molecule has 11 heteroatoms. The number of piperazine rings is 1. The molecule has 2 aromatic carbocycles. The molecule has 1 amide bonds. The zero-order valence-corrected chi connectivity index (χ0v) is 22.1. The third kappa shape index (κ3) is 5.22. The van der Waals surface area contributed by atoms with Crippen molar-refractivity contribution in [3.05, 3.63) is 53.7 Å². The second-order valence-electron chi connectivity index (χ2n) is 9.24. The number of rotatable bonds is 5. The predicted molar refractivity (Wildman–Crippen MR) is 148 cm³/mol. The van der Waals surface area contributed by atoms with Gasteiger partial charge in [0.05, 0.1) is 23.6 Å². The molecule has 5 rings (SSSR count). The molecule has 2 aliphatic rings. The maximum Gasteiger partial charge on any atom is 0.298 e. The molecule has 3 aromatic rings. The average Bonchev–Trinajstić information content (AvgIpc) is 2.89. The fourth-order valence-electron chi connectivity index (χ4n) is 4.54. The second-order valence-corrected chi connectivity index (χ2v) is 12.8. The highest BCUT2D eigenvalue weighted by molar-refractivity contribution is 7.70. The van der Waals surface area contributed by atoms with Gasteiger partial charge in [-0.1, -0.05) is 23.7 Å². The fourth-order valence-corrected chi connectivity index (χ4v) is 5.84. The molecule has 0 radical (unpaired) electrons. The highest BCUT2D eigenvalue weighted by Crippen LogP contribution is 2.39. The smallest absolute Gasteiger partial charge is 0.298 e. The van der Waals surface area contributed by atoms with Gasteiger partial charge in [-0.15, -0.1) is 6.42 Å². The Hall–Kier alpha value is -3.73. The summed E-state index contributed by atoms with van der Waals surface area (Å²) in [5.74, 6) is 3.38. The van der Waals surface area contributed by atoms with E-state index in [4.69, 9.17) is 22.8 Å². The Labute approximate surface area is 220 Å². The molecule has 1 atom stereocenters. The van der Waals surface area contributed by atoms with Crippen LogP contribution in [0.15, 0.2) is 48.7 Å². The number of para-hydroxylation sites is 1. The summed E-state index contributed by atoms with van der Waals surface area (Å²) < 4.78 is 18.8. The lowest BCUT2D eigenvalue weighted by molar-refractivity contribution is -0.126. The minimum absolute atomic E-state index is 0.0509. The van der Waals surface area contributed by atoms with Crippen LogP contribution in [0.4, 0.5) is 28.8 Å². The summed E-state index contributed by atoms with van der Waals surface area (Å²) in [6, 6.07) is 13.2. The van der Waals surface area contributed by atoms with E-state index in [9.17, 15) is 9.36 Å². The molecule has 0 spiro atoms. The Morgan fingerprint density at radius 3 is 2.81 bits per heavy atom. The Balaban J connectivity index is 1.34. The summed E-state index contributed by atoms with van der Waals surface area (Å²) in [5.41, 5.74) is 2.40. The third-order valence-corrected chi connectivity index (χ3v) is 8.16. The molecule has 1 saturated heterocycles. The van der Waals surface area contributed by atoms with Crippen molar-refractivity contribution in [2.75, 3.05) is 55.1 Å². The Morgan fingerprint density at radius 2 is 2.03 bits per heavy atom. The third-order valence-electron chi connectivity index (χ3n) is 6.33. The van der Waals surface area contributed by atoms with Crippen LogP contribution in [0.2, 0.25) is 5.02 Å². The van der Waals surface area contributed by atoms with Gasteiger partial charge < -0.3 is 29.7 Å². The van der Waals surface area contributed by atoms with E-state index in [0.717, 1.165) is 17.1 Å². The highest BCUT2D eigenvalue weighted by atomic mass is 35.5. The maximum atomic E-state index is 12.7. The monoisotopic (exact) mass is 536 g/mol. The lowest BCUT2D eigenvalue weighted by Gasteiger charge is -2.45. The van der Waals surface area contributed by atoms with Crippen LogP contribution < -0.4 is 25.6 Å². The molecule has 1 fully saturated rings. The normalized spacial score (nSPS) is 16.6. The minimum atomic E-state index is -2.52. The first-order valence-corrected chi connectivity index (χ1v) is 14.7. The highest BCUT2D eigenvalue weighted by Gasteiger charge is 2.34. The molecule has 2 aliphatic heterocycles. The second kappa shape index (κ2) is 9.97. The van der Waals surface area contributed by atoms with Crippen LogP contribution in [0.3, 0.4) is 0 Å². The number of benzene rings is 2. The Bertz CT molecular complexity index is 1450. The van der Waals surface area contributed by atoms with Gasteiger partial charge >= 0.3 is 0 Å². The van der Waals surface area contributed by atoms with Crippen LogP contribution in [-0.2, 0) is 9.36 Å². The van der Waals surface area contributed by atoms with Gasteiger partial charge in [-0.2, -0.15) is 4.98 Å². The number of anilines is 5. The van der Waals surface area contributed by atoms with E-state index in [1.54, 1.807) is 18.2 Å². The largest absolute Gasteiger partial charge is 0.489 e. The molecule has 1 aromatic heterocycles. The van der Waals surface area contributed by atoms with E-state index in [0.29, 0.717) is 54.0 Å². The van der Waals surface area contributed by atoms with Crippen LogP contribution in [-0.4, -0.2) is 66.4 Å². The molecule has 9 nitrogen and oxygen atoms in total. The van der Waals surface area contributed by atoms with E-state index >= 15 is 0 Å². The van der Waals surface area contributed by atoms with Gasteiger partial charge in [-0.3, -0.25) is 4.79 Å². The van der Waals surface area contributed by atoms with Crippen LogP contribution >= 0.6 is 18.7 Å². The zero-order valence-electron chi connectivity index (χ0n) is 20.4. The molecule has 0 unspecified atom stereocenters. The van der Waals surface area contributed by atoms with Crippen molar-refractivity contribution < 1.29 is 14.1 Å². The summed E-state index contributed by atoms with van der Waals surface area (Å²) in [6.07, 6.45) is 6.79. The number of carbonyl (C=O) groups is 1. The quantitative estimate of drug-likeness (QED) is 0.374.